The van der Waals surface area contributed by atoms with Gasteiger partial charge in [-0.3, -0.25) is 0 Å². The Bertz CT molecular complexity index is 512. The van der Waals surface area contributed by atoms with Crippen molar-refractivity contribution >= 4 is 29.9 Å². The van der Waals surface area contributed by atoms with E-state index in [1.165, 1.54) is 12.8 Å². The molecule has 0 saturated heterocycles. The molecule has 0 fully saturated rings. The van der Waals surface area contributed by atoms with Gasteiger partial charge in [0, 0.05) is 25.2 Å². The molecule has 1 heterocycles. The molecule has 0 radical (unpaired) electrons. The minimum absolute atomic E-state index is 0. The van der Waals surface area contributed by atoms with E-state index in [4.69, 9.17) is 4.52 Å². The Kier molecular flexibility index (Phi) is 12.9. The van der Waals surface area contributed by atoms with Crippen LogP contribution in [0.25, 0.3) is 0 Å². The van der Waals surface area contributed by atoms with Crippen LogP contribution in [0.2, 0.25) is 0 Å². The van der Waals surface area contributed by atoms with Crippen molar-refractivity contribution < 1.29 is 4.52 Å². The van der Waals surface area contributed by atoms with Crippen LogP contribution in [0, 0.1) is 5.92 Å². The molecule has 0 aliphatic heterocycles. The second kappa shape index (κ2) is 13.4. The number of hydrogen-bond acceptors (Lipinski definition) is 4. The molecule has 1 aromatic rings. The highest BCUT2D eigenvalue weighted by Gasteiger charge is 2.20. The van der Waals surface area contributed by atoms with E-state index < -0.39 is 0 Å². The Balaban J connectivity index is 0.00000625. The second-order valence-corrected chi connectivity index (χ2v) is 7.06. The molecule has 26 heavy (non-hydrogen) atoms. The Hall–Kier alpha value is -0.830. The summed E-state index contributed by atoms with van der Waals surface area (Å²) in [5.41, 5.74) is 0.976. The maximum absolute atomic E-state index is 5.37. The fourth-order valence-electron chi connectivity index (χ4n) is 2.98. The Morgan fingerprint density at radius 1 is 1.19 bits per heavy atom. The van der Waals surface area contributed by atoms with Crippen LogP contribution >= 0.6 is 24.0 Å². The standard InChI is InChI=1S/C19H37N5O.HI/c1-8-15(9-2)18(24(6)7)13-22-19(20-10-3)21-12-16-11-17(14(4)5)23-25-16;/h11,14-15,18H,8-10,12-13H2,1-7H3,(H2,20,21,22);1H. The number of aromatic nitrogens is 1. The van der Waals surface area contributed by atoms with Gasteiger partial charge in [-0.25, -0.2) is 4.99 Å². The van der Waals surface area contributed by atoms with E-state index in [1.807, 2.05) is 6.07 Å². The summed E-state index contributed by atoms with van der Waals surface area (Å²) >= 11 is 0. The molecule has 6 nitrogen and oxygen atoms in total. The van der Waals surface area contributed by atoms with E-state index >= 15 is 0 Å². The summed E-state index contributed by atoms with van der Waals surface area (Å²) in [6.45, 7) is 13.0. The van der Waals surface area contributed by atoms with E-state index in [-0.39, 0.29) is 24.0 Å². The first-order valence-corrected chi connectivity index (χ1v) is 9.56. The number of likely N-dealkylation sites (N-methyl/N-ethyl adjacent to an activating group) is 1. The van der Waals surface area contributed by atoms with E-state index in [9.17, 15) is 0 Å². The predicted octanol–water partition coefficient (Wildman–Crippen LogP) is 3.84. The number of aliphatic imine (C=N–C) groups is 1. The Morgan fingerprint density at radius 3 is 2.31 bits per heavy atom. The zero-order valence-corrected chi connectivity index (χ0v) is 19.8. The van der Waals surface area contributed by atoms with Gasteiger partial charge in [0.2, 0.25) is 0 Å². The molecule has 1 unspecified atom stereocenters. The van der Waals surface area contributed by atoms with Crippen LogP contribution in [0.3, 0.4) is 0 Å². The Labute approximate surface area is 176 Å². The van der Waals surface area contributed by atoms with Crippen molar-refractivity contribution in [3.63, 3.8) is 0 Å². The van der Waals surface area contributed by atoms with Gasteiger partial charge in [0.1, 0.15) is 6.54 Å². The maximum atomic E-state index is 5.37. The van der Waals surface area contributed by atoms with Crippen LogP contribution in [0.15, 0.2) is 15.6 Å². The van der Waals surface area contributed by atoms with E-state index in [1.54, 1.807) is 0 Å². The first-order chi connectivity index (χ1) is 11.9. The lowest BCUT2D eigenvalue weighted by Gasteiger charge is -2.32. The van der Waals surface area contributed by atoms with Crippen molar-refractivity contribution in [2.45, 2.75) is 66.0 Å². The molecule has 152 valence electrons. The number of guanidine groups is 1. The van der Waals surface area contributed by atoms with Crippen molar-refractivity contribution in [2.24, 2.45) is 10.9 Å². The summed E-state index contributed by atoms with van der Waals surface area (Å²) < 4.78 is 5.37. The van der Waals surface area contributed by atoms with Crippen molar-refractivity contribution in [1.82, 2.24) is 20.7 Å². The molecular formula is C19H38IN5O. The van der Waals surface area contributed by atoms with E-state index in [0.717, 1.165) is 30.5 Å². The second-order valence-electron chi connectivity index (χ2n) is 7.06. The molecular weight excluding hydrogens is 441 g/mol. The summed E-state index contributed by atoms with van der Waals surface area (Å²) in [7, 11) is 4.30. The molecule has 0 saturated carbocycles. The average Bonchev–Trinajstić information content (AvgIpc) is 3.05. The molecule has 7 heteroatoms. The van der Waals surface area contributed by atoms with Gasteiger partial charge in [0.25, 0.3) is 0 Å². The SMILES string of the molecule is CCNC(=NCc1cc(C(C)C)no1)NCC(C(CC)CC)N(C)C.I. The highest BCUT2D eigenvalue weighted by Crippen LogP contribution is 2.16. The zero-order valence-electron chi connectivity index (χ0n) is 17.5. The lowest BCUT2D eigenvalue weighted by atomic mass is 9.93. The summed E-state index contributed by atoms with van der Waals surface area (Å²) in [4.78, 5) is 6.95. The molecule has 0 aliphatic rings. The predicted molar refractivity (Wildman–Crippen MR) is 120 cm³/mol. The minimum atomic E-state index is 0. The number of nitrogens with one attached hydrogen (secondary N) is 2. The van der Waals surface area contributed by atoms with Crippen LogP contribution < -0.4 is 10.6 Å². The first kappa shape index (κ1) is 25.2. The largest absolute Gasteiger partial charge is 0.359 e. The summed E-state index contributed by atoms with van der Waals surface area (Å²) in [5.74, 6) is 2.66. The topological polar surface area (TPSA) is 65.7 Å². The zero-order chi connectivity index (χ0) is 18.8. The molecule has 0 bridgehead atoms. The highest BCUT2D eigenvalue weighted by atomic mass is 127. The molecule has 0 aliphatic carbocycles. The van der Waals surface area contributed by atoms with E-state index in [0.29, 0.717) is 24.4 Å². The van der Waals surface area contributed by atoms with Gasteiger partial charge < -0.3 is 20.1 Å². The van der Waals surface area contributed by atoms with Crippen molar-refractivity contribution in [2.75, 3.05) is 27.2 Å². The molecule has 0 aromatic carbocycles. The molecule has 1 atom stereocenters. The van der Waals surface area contributed by atoms with Gasteiger partial charge in [-0.05, 0) is 32.9 Å². The van der Waals surface area contributed by atoms with Gasteiger partial charge in [0.15, 0.2) is 11.7 Å². The quantitative estimate of drug-likeness (QED) is 0.303. The van der Waals surface area contributed by atoms with Crippen molar-refractivity contribution in [1.29, 1.82) is 0 Å². The van der Waals surface area contributed by atoms with Gasteiger partial charge in [-0.2, -0.15) is 0 Å². The summed E-state index contributed by atoms with van der Waals surface area (Å²) in [5, 5.41) is 10.9. The van der Waals surface area contributed by atoms with Gasteiger partial charge >= 0.3 is 0 Å². The molecule has 1 aromatic heterocycles. The summed E-state index contributed by atoms with van der Waals surface area (Å²) in [6.07, 6.45) is 2.37. The third kappa shape index (κ3) is 8.24. The van der Waals surface area contributed by atoms with E-state index in [2.05, 4.69) is 74.4 Å². The first-order valence-electron chi connectivity index (χ1n) is 9.56. The molecule has 0 spiro atoms. The van der Waals surface area contributed by atoms with Crippen LogP contribution in [-0.4, -0.2) is 49.2 Å². The van der Waals surface area contributed by atoms with Gasteiger partial charge in [-0.15, -0.1) is 24.0 Å². The lowest BCUT2D eigenvalue weighted by Crippen LogP contribution is -2.48. The fraction of sp³-hybridized carbons (Fsp3) is 0.789. The summed E-state index contributed by atoms with van der Waals surface area (Å²) in [6, 6.07) is 2.47. The fourth-order valence-corrected chi connectivity index (χ4v) is 2.98. The normalized spacial score (nSPS) is 13.2. The third-order valence-corrected chi connectivity index (χ3v) is 4.64. The van der Waals surface area contributed by atoms with Crippen molar-refractivity contribution in [3.05, 3.63) is 17.5 Å². The molecule has 1 rings (SSSR count). The van der Waals surface area contributed by atoms with Crippen LogP contribution in [0.1, 0.15) is 64.8 Å². The van der Waals surface area contributed by atoms with Gasteiger partial charge in [0.05, 0.1) is 5.69 Å². The number of hydrogen-bond donors (Lipinski definition) is 2. The lowest BCUT2D eigenvalue weighted by molar-refractivity contribution is 0.200. The minimum Gasteiger partial charge on any atom is -0.359 e. The van der Waals surface area contributed by atoms with Crippen molar-refractivity contribution in [3.8, 4) is 0 Å². The number of rotatable bonds is 10. The van der Waals surface area contributed by atoms with Crippen LogP contribution in [0.5, 0.6) is 0 Å². The average molecular weight is 479 g/mol. The third-order valence-electron chi connectivity index (χ3n) is 4.64. The van der Waals surface area contributed by atoms with Crippen LogP contribution in [0.4, 0.5) is 0 Å². The van der Waals surface area contributed by atoms with Crippen LogP contribution in [-0.2, 0) is 6.54 Å². The Morgan fingerprint density at radius 2 is 1.85 bits per heavy atom. The number of nitrogens with zero attached hydrogens (tertiary/aromatic N) is 3. The maximum Gasteiger partial charge on any atom is 0.191 e. The monoisotopic (exact) mass is 479 g/mol. The highest BCUT2D eigenvalue weighted by molar-refractivity contribution is 14.0. The smallest absolute Gasteiger partial charge is 0.191 e. The molecule has 0 amide bonds. The van der Waals surface area contributed by atoms with Gasteiger partial charge in [-0.1, -0.05) is 45.7 Å². The molecule has 2 N–H and O–H groups in total. The number of halogens is 1.